The van der Waals surface area contributed by atoms with Gasteiger partial charge in [0, 0.05) is 23.1 Å². The van der Waals surface area contributed by atoms with Crippen molar-refractivity contribution in [1.29, 1.82) is 0 Å². The zero-order valence-electron chi connectivity index (χ0n) is 11.3. The number of fused-ring (bicyclic) bond motifs is 1. The molecular weight excluding hydrogens is 240 g/mol. The third-order valence-corrected chi connectivity index (χ3v) is 3.07. The monoisotopic (exact) mass is 260 g/mol. The highest BCUT2D eigenvalue weighted by Gasteiger charge is 2.13. The third kappa shape index (κ3) is 3.35. The number of esters is 1. The van der Waals surface area contributed by atoms with Gasteiger partial charge in [-0.2, -0.15) is 0 Å². The highest BCUT2D eigenvalue weighted by atomic mass is 16.5. The smallest absolute Gasteiger partial charge is 0.308 e. The number of nitrogens with one attached hydrogen (secondary N) is 1. The van der Waals surface area contributed by atoms with Crippen molar-refractivity contribution >= 4 is 16.9 Å². The van der Waals surface area contributed by atoms with E-state index in [1.165, 1.54) is 5.39 Å². The molecule has 0 amide bonds. The van der Waals surface area contributed by atoms with Gasteiger partial charge in [-0.15, -0.1) is 0 Å². The van der Waals surface area contributed by atoms with Crippen molar-refractivity contribution in [3.8, 4) is 0 Å². The molecule has 102 valence electrons. The molecule has 0 radical (unpaired) electrons. The van der Waals surface area contributed by atoms with E-state index in [0.29, 0.717) is 6.42 Å². The predicted octanol–water partition coefficient (Wildman–Crippen LogP) is 2.24. The van der Waals surface area contributed by atoms with Crippen molar-refractivity contribution in [2.75, 3.05) is 6.61 Å². The summed E-state index contributed by atoms with van der Waals surface area (Å²) in [4.78, 5) is 14.6. The number of hydrogen-bond donors (Lipinski definition) is 2. The van der Waals surface area contributed by atoms with Crippen molar-refractivity contribution in [2.24, 2.45) is 11.7 Å². The van der Waals surface area contributed by atoms with Crippen LogP contribution in [-0.4, -0.2) is 23.6 Å². The van der Waals surface area contributed by atoms with E-state index in [2.05, 4.69) is 11.1 Å². The van der Waals surface area contributed by atoms with Crippen LogP contribution in [0, 0.1) is 5.92 Å². The van der Waals surface area contributed by atoms with Crippen LogP contribution in [0.3, 0.4) is 0 Å². The second-order valence-electron chi connectivity index (χ2n) is 5.11. The van der Waals surface area contributed by atoms with E-state index in [0.717, 1.165) is 11.1 Å². The molecule has 19 heavy (non-hydrogen) atoms. The highest BCUT2D eigenvalue weighted by molar-refractivity contribution is 5.83. The average molecular weight is 260 g/mol. The Bertz CT molecular complexity index is 560. The maximum absolute atomic E-state index is 11.4. The normalized spacial score (nSPS) is 12.8. The summed E-state index contributed by atoms with van der Waals surface area (Å²) >= 11 is 0. The highest BCUT2D eigenvalue weighted by Crippen LogP contribution is 2.18. The Balaban J connectivity index is 1.95. The standard InChI is InChI=1S/C15H20N2O2/c1-10(2)15(18)19-9-12(16)7-11-8-17-14-6-4-3-5-13(11)14/h3-6,8,10,12,17H,7,9,16H2,1-2H3/t12-/m0/s1. The van der Waals surface area contributed by atoms with E-state index >= 15 is 0 Å². The summed E-state index contributed by atoms with van der Waals surface area (Å²) in [7, 11) is 0. The minimum atomic E-state index is -0.200. The Morgan fingerprint density at radius 1 is 1.37 bits per heavy atom. The Hall–Kier alpha value is -1.81. The summed E-state index contributed by atoms with van der Waals surface area (Å²) in [6.07, 6.45) is 2.66. The second-order valence-corrected chi connectivity index (χ2v) is 5.11. The molecule has 2 aromatic rings. The first-order valence-corrected chi connectivity index (χ1v) is 6.55. The lowest BCUT2D eigenvalue weighted by Crippen LogP contribution is -2.30. The maximum atomic E-state index is 11.4. The largest absolute Gasteiger partial charge is 0.464 e. The molecule has 0 aliphatic heterocycles. The Kier molecular flexibility index (Phi) is 4.22. The number of H-pyrrole nitrogens is 1. The van der Waals surface area contributed by atoms with Crippen molar-refractivity contribution in [3.05, 3.63) is 36.0 Å². The quantitative estimate of drug-likeness (QED) is 0.810. The van der Waals surface area contributed by atoms with Gasteiger partial charge in [0.15, 0.2) is 0 Å². The SMILES string of the molecule is CC(C)C(=O)OC[C@@H](N)Cc1c[nH]c2ccccc12. The van der Waals surface area contributed by atoms with Gasteiger partial charge >= 0.3 is 5.97 Å². The van der Waals surface area contributed by atoms with Crippen LogP contribution in [0.15, 0.2) is 30.5 Å². The van der Waals surface area contributed by atoms with E-state index in [9.17, 15) is 4.79 Å². The van der Waals surface area contributed by atoms with Gasteiger partial charge in [0.1, 0.15) is 6.61 Å². The molecule has 1 aromatic carbocycles. The van der Waals surface area contributed by atoms with Gasteiger partial charge in [-0.1, -0.05) is 32.0 Å². The van der Waals surface area contributed by atoms with Crippen molar-refractivity contribution < 1.29 is 9.53 Å². The molecule has 0 aliphatic rings. The Morgan fingerprint density at radius 3 is 2.84 bits per heavy atom. The van der Waals surface area contributed by atoms with Gasteiger partial charge in [-0.05, 0) is 18.1 Å². The van der Waals surface area contributed by atoms with Crippen molar-refractivity contribution in [3.63, 3.8) is 0 Å². The molecule has 4 heteroatoms. The first-order valence-electron chi connectivity index (χ1n) is 6.55. The van der Waals surface area contributed by atoms with Crippen LogP contribution in [0.25, 0.3) is 10.9 Å². The zero-order chi connectivity index (χ0) is 13.8. The number of ether oxygens (including phenoxy) is 1. The lowest BCUT2D eigenvalue weighted by atomic mass is 10.1. The number of hydrogen-bond acceptors (Lipinski definition) is 3. The molecule has 0 bridgehead atoms. The molecule has 1 heterocycles. The Morgan fingerprint density at radius 2 is 2.11 bits per heavy atom. The summed E-state index contributed by atoms with van der Waals surface area (Å²) in [6.45, 7) is 3.89. The van der Waals surface area contributed by atoms with Crippen LogP contribution in [0.1, 0.15) is 19.4 Å². The van der Waals surface area contributed by atoms with Crippen LogP contribution < -0.4 is 5.73 Å². The molecule has 0 fully saturated rings. The van der Waals surface area contributed by atoms with Crippen molar-refractivity contribution in [1.82, 2.24) is 4.98 Å². The summed E-state index contributed by atoms with van der Waals surface area (Å²) in [6, 6.07) is 7.91. The number of para-hydroxylation sites is 1. The number of nitrogens with two attached hydrogens (primary N) is 1. The van der Waals surface area contributed by atoms with Gasteiger partial charge in [0.2, 0.25) is 0 Å². The van der Waals surface area contributed by atoms with E-state index in [1.54, 1.807) is 0 Å². The number of carbonyl (C=O) groups excluding carboxylic acids is 1. The topological polar surface area (TPSA) is 68.1 Å². The van der Waals surface area contributed by atoms with Gasteiger partial charge in [0.05, 0.1) is 5.92 Å². The summed E-state index contributed by atoms with van der Waals surface area (Å²) in [5.41, 5.74) is 8.27. The molecule has 0 saturated heterocycles. The van der Waals surface area contributed by atoms with Crippen LogP contribution in [0.4, 0.5) is 0 Å². The fourth-order valence-corrected chi connectivity index (χ4v) is 2.00. The summed E-state index contributed by atoms with van der Waals surface area (Å²) in [5.74, 6) is -0.310. The van der Waals surface area contributed by atoms with Crippen LogP contribution >= 0.6 is 0 Å². The zero-order valence-corrected chi connectivity index (χ0v) is 11.3. The first kappa shape index (κ1) is 13.6. The second kappa shape index (κ2) is 5.89. The molecule has 2 rings (SSSR count). The summed E-state index contributed by atoms with van der Waals surface area (Å²) < 4.78 is 5.15. The fraction of sp³-hybridized carbons (Fsp3) is 0.400. The fourth-order valence-electron chi connectivity index (χ4n) is 2.00. The molecule has 0 aliphatic carbocycles. The van der Waals surface area contributed by atoms with Gasteiger partial charge in [-0.3, -0.25) is 4.79 Å². The minimum absolute atomic E-state index is 0.111. The van der Waals surface area contributed by atoms with E-state index in [4.69, 9.17) is 10.5 Å². The number of benzene rings is 1. The van der Waals surface area contributed by atoms with E-state index in [-0.39, 0.29) is 24.5 Å². The van der Waals surface area contributed by atoms with E-state index < -0.39 is 0 Å². The number of aromatic amines is 1. The van der Waals surface area contributed by atoms with Gasteiger partial charge in [0.25, 0.3) is 0 Å². The number of aromatic nitrogens is 1. The maximum Gasteiger partial charge on any atom is 0.308 e. The predicted molar refractivity (Wildman–Crippen MR) is 75.8 cm³/mol. The van der Waals surface area contributed by atoms with Crippen molar-refractivity contribution in [2.45, 2.75) is 26.3 Å². The third-order valence-electron chi connectivity index (χ3n) is 3.07. The molecule has 0 saturated carbocycles. The number of rotatable bonds is 5. The molecule has 3 N–H and O–H groups in total. The van der Waals surface area contributed by atoms with Gasteiger partial charge in [-0.25, -0.2) is 0 Å². The lowest BCUT2D eigenvalue weighted by molar-refractivity contribution is -0.147. The van der Waals surface area contributed by atoms with E-state index in [1.807, 2.05) is 38.2 Å². The Labute approximate surface area is 112 Å². The van der Waals surface area contributed by atoms with Gasteiger partial charge < -0.3 is 15.5 Å². The average Bonchev–Trinajstić information content (AvgIpc) is 2.79. The molecule has 4 nitrogen and oxygen atoms in total. The lowest BCUT2D eigenvalue weighted by Gasteiger charge is -2.13. The van der Waals surface area contributed by atoms with Crippen LogP contribution in [0.2, 0.25) is 0 Å². The molecule has 1 atom stereocenters. The molecular formula is C15H20N2O2. The minimum Gasteiger partial charge on any atom is -0.464 e. The molecule has 0 spiro atoms. The summed E-state index contributed by atoms with van der Waals surface area (Å²) in [5, 5.41) is 1.17. The van der Waals surface area contributed by atoms with Crippen LogP contribution in [0.5, 0.6) is 0 Å². The van der Waals surface area contributed by atoms with Crippen LogP contribution in [-0.2, 0) is 16.0 Å². The number of carbonyl (C=O) groups is 1. The molecule has 0 unspecified atom stereocenters. The molecule has 1 aromatic heterocycles. The first-order chi connectivity index (χ1) is 9.08.